The zero-order chi connectivity index (χ0) is 14.8. The molecule has 0 aromatic heterocycles. The maximum atomic E-state index is 12.3. The van der Waals surface area contributed by atoms with Crippen molar-refractivity contribution in [3.63, 3.8) is 0 Å². The third kappa shape index (κ3) is 2.89. The minimum atomic E-state index is -3.87. The van der Waals surface area contributed by atoms with Crippen molar-refractivity contribution in [3.8, 4) is 0 Å². The SMILES string of the molecule is C=C(C(=O)c1ccccc1)S(=O)(=O)c1ccc(Br)cc1. The van der Waals surface area contributed by atoms with Crippen molar-refractivity contribution in [3.05, 3.63) is 76.1 Å². The number of Topliss-reactive ketones (excluding diaryl/α,β-unsaturated/α-hetero) is 1. The summed E-state index contributed by atoms with van der Waals surface area (Å²) in [4.78, 5) is 11.8. The Labute approximate surface area is 126 Å². The quantitative estimate of drug-likeness (QED) is 0.625. The van der Waals surface area contributed by atoms with Gasteiger partial charge in [-0.05, 0) is 24.3 Å². The number of ketones is 1. The third-order valence-corrected chi connectivity index (χ3v) is 4.99. The summed E-state index contributed by atoms with van der Waals surface area (Å²) in [6.07, 6.45) is 0. The van der Waals surface area contributed by atoms with Gasteiger partial charge < -0.3 is 0 Å². The number of rotatable bonds is 4. The van der Waals surface area contributed by atoms with Gasteiger partial charge in [0.25, 0.3) is 0 Å². The molecule has 2 aromatic rings. The van der Waals surface area contributed by atoms with Crippen molar-refractivity contribution in [1.82, 2.24) is 0 Å². The number of halogens is 1. The van der Waals surface area contributed by atoms with Crippen LogP contribution in [0.25, 0.3) is 0 Å². The molecule has 0 N–H and O–H groups in total. The van der Waals surface area contributed by atoms with Crippen LogP contribution in [0, 0.1) is 0 Å². The Balaban J connectivity index is 2.37. The zero-order valence-corrected chi connectivity index (χ0v) is 12.8. The molecular formula is C15H11BrO3S. The zero-order valence-electron chi connectivity index (χ0n) is 10.4. The van der Waals surface area contributed by atoms with Crippen LogP contribution >= 0.6 is 15.9 Å². The molecule has 0 bridgehead atoms. The molecule has 0 saturated heterocycles. The lowest BCUT2D eigenvalue weighted by atomic mass is 10.1. The van der Waals surface area contributed by atoms with E-state index in [1.165, 1.54) is 12.1 Å². The first-order valence-corrected chi connectivity index (χ1v) is 8.00. The lowest BCUT2D eigenvalue weighted by Gasteiger charge is -2.07. The van der Waals surface area contributed by atoms with Crippen molar-refractivity contribution < 1.29 is 13.2 Å². The molecule has 0 fully saturated rings. The summed E-state index contributed by atoms with van der Waals surface area (Å²) >= 11 is 3.23. The molecule has 0 atom stereocenters. The summed E-state index contributed by atoms with van der Waals surface area (Å²) in [7, 11) is -3.87. The van der Waals surface area contributed by atoms with Gasteiger partial charge in [0.1, 0.15) is 4.91 Å². The molecule has 2 aromatic carbocycles. The van der Waals surface area contributed by atoms with Gasteiger partial charge in [0.15, 0.2) is 0 Å². The molecule has 102 valence electrons. The molecule has 0 unspecified atom stereocenters. The molecule has 20 heavy (non-hydrogen) atoms. The van der Waals surface area contributed by atoms with Gasteiger partial charge in [-0.15, -0.1) is 0 Å². The molecule has 3 nitrogen and oxygen atoms in total. The minimum absolute atomic E-state index is 0.0509. The van der Waals surface area contributed by atoms with Gasteiger partial charge in [0.2, 0.25) is 15.6 Å². The van der Waals surface area contributed by atoms with E-state index in [1.54, 1.807) is 42.5 Å². The predicted octanol–water partition coefficient (Wildman–Crippen LogP) is 3.62. The first kappa shape index (κ1) is 14.7. The summed E-state index contributed by atoms with van der Waals surface area (Å²) in [6.45, 7) is 3.45. The minimum Gasteiger partial charge on any atom is -0.288 e. The highest BCUT2D eigenvalue weighted by atomic mass is 79.9. The number of carbonyl (C=O) groups excluding carboxylic acids is 1. The average molecular weight is 351 g/mol. The molecule has 0 spiro atoms. The number of carbonyl (C=O) groups is 1. The number of allylic oxidation sites excluding steroid dienone is 1. The van der Waals surface area contributed by atoms with Gasteiger partial charge in [0, 0.05) is 10.0 Å². The van der Waals surface area contributed by atoms with Crippen LogP contribution in [-0.2, 0) is 9.84 Å². The fourth-order valence-electron chi connectivity index (χ4n) is 1.63. The van der Waals surface area contributed by atoms with Crippen LogP contribution in [0.5, 0.6) is 0 Å². The van der Waals surface area contributed by atoms with Crippen LogP contribution in [-0.4, -0.2) is 14.2 Å². The monoisotopic (exact) mass is 350 g/mol. The third-order valence-electron chi connectivity index (χ3n) is 2.74. The molecule has 0 aliphatic rings. The van der Waals surface area contributed by atoms with E-state index >= 15 is 0 Å². The Morgan fingerprint density at radius 1 is 0.950 bits per heavy atom. The summed E-state index contributed by atoms with van der Waals surface area (Å²) in [5.74, 6) is -0.589. The van der Waals surface area contributed by atoms with Crippen molar-refractivity contribution in [2.24, 2.45) is 0 Å². The number of hydrogen-bond acceptors (Lipinski definition) is 3. The summed E-state index contributed by atoms with van der Waals surface area (Å²) in [6, 6.07) is 14.3. The molecular weight excluding hydrogens is 340 g/mol. The molecule has 0 aliphatic carbocycles. The van der Waals surface area contributed by atoms with E-state index in [1.807, 2.05) is 0 Å². The predicted molar refractivity (Wildman–Crippen MR) is 81.2 cm³/mol. The van der Waals surface area contributed by atoms with Crippen LogP contribution < -0.4 is 0 Å². The van der Waals surface area contributed by atoms with E-state index in [-0.39, 0.29) is 4.90 Å². The van der Waals surface area contributed by atoms with Crippen LogP contribution in [0.15, 0.2) is 75.4 Å². The van der Waals surface area contributed by atoms with E-state index in [9.17, 15) is 13.2 Å². The highest BCUT2D eigenvalue weighted by Gasteiger charge is 2.25. The van der Waals surface area contributed by atoms with Gasteiger partial charge in [-0.2, -0.15) is 0 Å². The maximum Gasteiger partial charge on any atom is 0.209 e. The summed E-state index contributed by atoms with van der Waals surface area (Å²) < 4.78 is 25.4. The number of hydrogen-bond donors (Lipinski definition) is 0. The summed E-state index contributed by atoms with van der Waals surface area (Å²) in [5, 5.41) is 0. The van der Waals surface area contributed by atoms with Gasteiger partial charge in [-0.1, -0.05) is 52.8 Å². The summed E-state index contributed by atoms with van der Waals surface area (Å²) in [5.41, 5.74) is 0.304. The second-order valence-corrected chi connectivity index (χ2v) is 6.96. The van der Waals surface area contributed by atoms with Gasteiger partial charge in [0.05, 0.1) is 4.90 Å². The van der Waals surface area contributed by atoms with Crippen LogP contribution in [0.1, 0.15) is 10.4 Å². The highest BCUT2D eigenvalue weighted by molar-refractivity contribution is 9.10. The number of benzene rings is 2. The van der Waals surface area contributed by atoms with Gasteiger partial charge in [-0.25, -0.2) is 8.42 Å². The van der Waals surface area contributed by atoms with E-state index in [0.717, 1.165) is 4.47 Å². The Morgan fingerprint density at radius 2 is 1.50 bits per heavy atom. The fraction of sp³-hybridized carbons (Fsp3) is 0. The first-order chi connectivity index (χ1) is 9.43. The van der Waals surface area contributed by atoms with Crippen LogP contribution in [0.3, 0.4) is 0 Å². The van der Waals surface area contributed by atoms with Gasteiger partial charge >= 0.3 is 0 Å². The van der Waals surface area contributed by atoms with E-state index in [4.69, 9.17) is 0 Å². The Bertz CT molecular complexity index is 747. The Kier molecular flexibility index (Phi) is 4.20. The van der Waals surface area contributed by atoms with Crippen LogP contribution in [0.4, 0.5) is 0 Å². The molecule has 5 heteroatoms. The molecule has 0 aliphatic heterocycles. The lowest BCUT2D eigenvalue weighted by Crippen LogP contribution is -2.13. The van der Waals surface area contributed by atoms with Crippen LogP contribution in [0.2, 0.25) is 0 Å². The first-order valence-electron chi connectivity index (χ1n) is 5.72. The van der Waals surface area contributed by atoms with E-state index < -0.39 is 20.5 Å². The van der Waals surface area contributed by atoms with Crippen molar-refractivity contribution >= 4 is 31.6 Å². The number of sulfone groups is 1. The molecule has 0 heterocycles. The van der Waals surface area contributed by atoms with Gasteiger partial charge in [-0.3, -0.25) is 4.79 Å². The molecule has 2 rings (SSSR count). The van der Waals surface area contributed by atoms with Crippen molar-refractivity contribution in [2.45, 2.75) is 4.90 Å². The lowest BCUT2D eigenvalue weighted by molar-refractivity contribution is 0.104. The largest absolute Gasteiger partial charge is 0.288 e. The average Bonchev–Trinajstić information content (AvgIpc) is 2.47. The second-order valence-electron chi connectivity index (χ2n) is 4.08. The Hall–Kier alpha value is -1.72. The maximum absolute atomic E-state index is 12.3. The van der Waals surface area contributed by atoms with Crippen molar-refractivity contribution in [1.29, 1.82) is 0 Å². The van der Waals surface area contributed by atoms with Crippen molar-refractivity contribution in [2.75, 3.05) is 0 Å². The highest BCUT2D eigenvalue weighted by Crippen LogP contribution is 2.23. The van der Waals surface area contributed by atoms with E-state index in [0.29, 0.717) is 5.56 Å². The second kappa shape index (κ2) is 5.73. The van der Waals surface area contributed by atoms with E-state index in [2.05, 4.69) is 22.5 Å². The molecule has 0 saturated carbocycles. The molecule has 0 radical (unpaired) electrons. The molecule has 0 amide bonds. The normalized spacial score (nSPS) is 11.1. The smallest absolute Gasteiger partial charge is 0.209 e. The standard InChI is InChI=1S/C15H11BrO3S/c1-11(15(17)12-5-3-2-4-6-12)20(18,19)14-9-7-13(16)8-10-14/h2-10H,1H2. The fourth-order valence-corrected chi connectivity index (χ4v) is 3.03. The topological polar surface area (TPSA) is 51.2 Å². The Morgan fingerprint density at radius 3 is 2.05 bits per heavy atom.